The molecule has 1 N–H and O–H groups in total. The van der Waals surface area contributed by atoms with Crippen LogP contribution in [0.15, 0.2) is 40.2 Å². The molecule has 88 valence electrons. The third-order valence-corrected chi connectivity index (χ3v) is 4.19. The molecular weight excluding hydrogens is 298 g/mol. The van der Waals surface area contributed by atoms with E-state index in [0.29, 0.717) is 6.54 Å². The summed E-state index contributed by atoms with van der Waals surface area (Å²) in [5.41, 5.74) is 2.13. The van der Waals surface area contributed by atoms with Crippen molar-refractivity contribution in [2.45, 2.75) is 6.92 Å². The van der Waals surface area contributed by atoms with Gasteiger partial charge in [-0.3, -0.25) is 4.79 Å². The number of thiophene rings is 1. The molecule has 4 heteroatoms. The highest BCUT2D eigenvalue weighted by molar-refractivity contribution is 9.10. The molecular formula is C13H12BrNOS. The van der Waals surface area contributed by atoms with E-state index in [1.807, 2.05) is 42.6 Å². The smallest absolute Gasteiger partial charge is 0.191 e. The molecule has 2 aromatic rings. The predicted molar refractivity (Wildman–Crippen MR) is 76.0 cm³/mol. The second-order valence-electron chi connectivity index (χ2n) is 3.72. The Morgan fingerprint density at radius 3 is 2.88 bits per heavy atom. The van der Waals surface area contributed by atoms with Crippen LogP contribution in [0.5, 0.6) is 0 Å². The van der Waals surface area contributed by atoms with Crippen molar-refractivity contribution in [2.75, 3.05) is 11.9 Å². The van der Waals surface area contributed by atoms with E-state index in [4.69, 9.17) is 0 Å². The zero-order valence-electron chi connectivity index (χ0n) is 9.37. The van der Waals surface area contributed by atoms with E-state index in [1.165, 1.54) is 16.9 Å². The lowest BCUT2D eigenvalue weighted by molar-refractivity contribution is 0.101. The van der Waals surface area contributed by atoms with Gasteiger partial charge in [0.05, 0.1) is 11.4 Å². The van der Waals surface area contributed by atoms with Gasteiger partial charge in [0.1, 0.15) is 0 Å². The number of hydrogen-bond donors (Lipinski definition) is 1. The number of rotatable bonds is 4. The molecule has 0 unspecified atom stereocenters. The first-order chi connectivity index (χ1) is 8.16. The third-order valence-electron chi connectivity index (χ3n) is 2.42. The largest absolute Gasteiger partial charge is 0.378 e. The van der Waals surface area contributed by atoms with Crippen molar-refractivity contribution >= 4 is 38.7 Å². The highest BCUT2D eigenvalue weighted by atomic mass is 79.9. The van der Waals surface area contributed by atoms with E-state index in [0.717, 1.165) is 15.0 Å². The van der Waals surface area contributed by atoms with Gasteiger partial charge in [0, 0.05) is 10.2 Å². The fraction of sp³-hybridized carbons (Fsp3) is 0.154. The van der Waals surface area contributed by atoms with E-state index < -0.39 is 0 Å². The van der Waals surface area contributed by atoms with Gasteiger partial charge in [0.25, 0.3) is 0 Å². The van der Waals surface area contributed by atoms with Gasteiger partial charge in [0.15, 0.2) is 5.78 Å². The normalized spacial score (nSPS) is 10.2. The summed E-state index contributed by atoms with van der Waals surface area (Å²) < 4.78 is 1.05. The Balaban J connectivity index is 1.98. The zero-order chi connectivity index (χ0) is 12.3. The van der Waals surface area contributed by atoms with Crippen molar-refractivity contribution in [3.8, 4) is 0 Å². The van der Waals surface area contributed by atoms with Gasteiger partial charge >= 0.3 is 0 Å². The van der Waals surface area contributed by atoms with Crippen LogP contribution in [0.1, 0.15) is 15.2 Å². The molecule has 0 fully saturated rings. The lowest BCUT2D eigenvalue weighted by atomic mass is 10.2. The molecule has 0 saturated carbocycles. The van der Waals surface area contributed by atoms with E-state index in [-0.39, 0.29) is 5.78 Å². The van der Waals surface area contributed by atoms with Crippen molar-refractivity contribution in [2.24, 2.45) is 0 Å². The number of halogens is 1. The first-order valence-corrected chi connectivity index (χ1v) is 6.91. The summed E-state index contributed by atoms with van der Waals surface area (Å²) in [6.07, 6.45) is 0. The van der Waals surface area contributed by atoms with Crippen molar-refractivity contribution in [1.29, 1.82) is 0 Å². The lowest BCUT2D eigenvalue weighted by Gasteiger charge is -2.06. The number of ketones is 1. The molecule has 0 atom stereocenters. The van der Waals surface area contributed by atoms with E-state index in [1.54, 1.807) is 0 Å². The molecule has 0 aliphatic carbocycles. The number of Topliss-reactive ketones (excluding diaryl/α,β-unsaturated/α-hetero) is 1. The van der Waals surface area contributed by atoms with Crippen LogP contribution >= 0.6 is 27.3 Å². The number of carbonyl (C=O) groups excluding carboxylic acids is 1. The molecule has 0 aliphatic heterocycles. The fourth-order valence-electron chi connectivity index (χ4n) is 1.41. The first-order valence-electron chi connectivity index (χ1n) is 5.23. The maximum atomic E-state index is 11.8. The monoisotopic (exact) mass is 309 g/mol. The van der Waals surface area contributed by atoms with E-state index in [9.17, 15) is 4.79 Å². The summed E-state index contributed by atoms with van der Waals surface area (Å²) in [5, 5.41) is 5.04. The minimum atomic E-state index is 0.122. The standard InChI is InChI=1S/C13H12BrNOS/c1-9-4-5-10(7-11(9)14)15-8-12(16)13-3-2-6-17-13/h2-7,15H,8H2,1H3. The van der Waals surface area contributed by atoms with Crippen LogP contribution in [0.3, 0.4) is 0 Å². The second kappa shape index (κ2) is 5.47. The Labute approximate surface area is 113 Å². The van der Waals surface area contributed by atoms with Gasteiger partial charge in [0.2, 0.25) is 0 Å². The van der Waals surface area contributed by atoms with Crippen LogP contribution in [-0.4, -0.2) is 12.3 Å². The Morgan fingerprint density at radius 2 is 2.24 bits per heavy atom. The molecule has 1 heterocycles. The van der Waals surface area contributed by atoms with Gasteiger partial charge in [-0.25, -0.2) is 0 Å². The van der Waals surface area contributed by atoms with E-state index >= 15 is 0 Å². The quantitative estimate of drug-likeness (QED) is 0.861. The Hall–Kier alpha value is -1.13. The van der Waals surface area contributed by atoms with Gasteiger partial charge in [-0.05, 0) is 36.1 Å². The Bertz CT molecular complexity index is 522. The molecule has 0 bridgehead atoms. The molecule has 2 rings (SSSR count). The van der Waals surface area contributed by atoms with E-state index in [2.05, 4.69) is 21.2 Å². The van der Waals surface area contributed by atoms with Gasteiger partial charge in [-0.1, -0.05) is 28.1 Å². The van der Waals surface area contributed by atoms with Gasteiger partial charge in [-0.2, -0.15) is 0 Å². The topological polar surface area (TPSA) is 29.1 Å². The summed E-state index contributed by atoms with van der Waals surface area (Å²) >= 11 is 4.94. The Morgan fingerprint density at radius 1 is 1.41 bits per heavy atom. The van der Waals surface area contributed by atoms with Gasteiger partial charge < -0.3 is 5.32 Å². The average molecular weight is 310 g/mol. The van der Waals surface area contributed by atoms with Crippen LogP contribution in [0.25, 0.3) is 0 Å². The van der Waals surface area contributed by atoms with Crippen LogP contribution in [-0.2, 0) is 0 Å². The fourth-order valence-corrected chi connectivity index (χ4v) is 2.45. The van der Waals surface area contributed by atoms with Crippen LogP contribution in [0.4, 0.5) is 5.69 Å². The van der Waals surface area contributed by atoms with Crippen LogP contribution in [0.2, 0.25) is 0 Å². The third kappa shape index (κ3) is 3.17. The summed E-state index contributed by atoms with van der Waals surface area (Å²) in [5.74, 6) is 0.122. The van der Waals surface area contributed by atoms with Crippen LogP contribution < -0.4 is 5.32 Å². The summed E-state index contributed by atoms with van der Waals surface area (Å²) in [6, 6.07) is 9.71. The Kier molecular flexibility index (Phi) is 3.97. The average Bonchev–Trinajstić information content (AvgIpc) is 2.84. The molecule has 0 amide bonds. The molecule has 0 saturated heterocycles. The molecule has 17 heavy (non-hydrogen) atoms. The van der Waals surface area contributed by atoms with Crippen LogP contribution in [0, 0.1) is 6.92 Å². The maximum absolute atomic E-state index is 11.8. The number of nitrogens with one attached hydrogen (secondary N) is 1. The summed E-state index contributed by atoms with van der Waals surface area (Å²) in [7, 11) is 0. The molecule has 0 aliphatic rings. The first kappa shape index (κ1) is 12.3. The predicted octanol–water partition coefficient (Wildman–Crippen LogP) is 4.11. The lowest BCUT2D eigenvalue weighted by Crippen LogP contribution is -2.12. The number of hydrogen-bond acceptors (Lipinski definition) is 3. The van der Waals surface area contributed by atoms with Crippen molar-refractivity contribution in [3.63, 3.8) is 0 Å². The molecule has 2 nitrogen and oxygen atoms in total. The minimum Gasteiger partial charge on any atom is -0.378 e. The van der Waals surface area contributed by atoms with Gasteiger partial charge in [-0.15, -0.1) is 11.3 Å². The number of aryl methyl sites for hydroxylation is 1. The van der Waals surface area contributed by atoms with Crippen molar-refractivity contribution in [1.82, 2.24) is 0 Å². The highest BCUT2D eigenvalue weighted by Crippen LogP contribution is 2.20. The molecule has 1 aromatic carbocycles. The summed E-state index contributed by atoms with van der Waals surface area (Å²) in [6.45, 7) is 2.36. The second-order valence-corrected chi connectivity index (χ2v) is 5.52. The van der Waals surface area contributed by atoms with Crippen molar-refractivity contribution < 1.29 is 4.79 Å². The van der Waals surface area contributed by atoms with Crippen molar-refractivity contribution in [3.05, 3.63) is 50.6 Å². The SMILES string of the molecule is Cc1ccc(NCC(=O)c2cccs2)cc1Br. The number of carbonyl (C=O) groups is 1. The summed E-state index contributed by atoms with van der Waals surface area (Å²) in [4.78, 5) is 12.6. The number of anilines is 1. The zero-order valence-corrected chi connectivity index (χ0v) is 11.8. The maximum Gasteiger partial charge on any atom is 0.191 e. The minimum absolute atomic E-state index is 0.122. The molecule has 0 spiro atoms. The highest BCUT2D eigenvalue weighted by Gasteiger charge is 2.06. The molecule has 0 radical (unpaired) electrons. The number of benzene rings is 1. The molecule has 1 aromatic heterocycles.